The molecule has 0 saturated carbocycles. The summed E-state index contributed by atoms with van der Waals surface area (Å²) in [6, 6.07) is 15.5. The van der Waals surface area contributed by atoms with Crippen LogP contribution in [0, 0.1) is 6.92 Å². The molecule has 1 atom stereocenters. The average Bonchev–Trinajstić information content (AvgIpc) is 3.07. The number of carbonyl (C=O) groups is 2. The molecule has 0 spiro atoms. The number of para-hydroxylation sites is 1. The molecule has 0 aliphatic rings. The highest BCUT2D eigenvalue weighted by atomic mass is 16.5. The molecule has 0 radical (unpaired) electrons. The molecule has 1 heterocycles. The number of ether oxygens (including phenoxy) is 1. The highest BCUT2D eigenvalue weighted by Gasteiger charge is 2.13. The van der Waals surface area contributed by atoms with E-state index in [2.05, 4.69) is 29.4 Å². The number of amides is 1. The summed E-state index contributed by atoms with van der Waals surface area (Å²) in [6.07, 6.45) is 0.609. The third-order valence-corrected chi connectivity index (χ3v) is 5.07. The highest BCUT2D eigenvalue weighted by molar-refractivity contribution is 6.18. The minimum absolute atomic E-state index is 0.0586. The van der Waals surface area contributed by atoms with Crippen molar-refractivity contribution in [2.45, 2.75) is 32.9 Å². The van der Waals surface area contributed by atoms with E-state index in [-0.39, 0.29) is 5.57 Å². The predicted octanol–water partition coefficient (Wildman–Crippen LogP) is 2.56. The number of benzene rings is 2. The Balaban J connectivity index is 1.57. The van der Waals surface area contributed by atoms with Crippen molar-refractivity contribution in [3.8, 4) is 0 Å². The van der Waals surface area contributed by atoms with Crippen LogP contribution in [0.2, 0.25) is 0 Å². The number of rotatable bonds is 9. The zero-order valence-electron chi connectivity index (χ0n) is 17.6. The number of aryl methyl sites for hydroxylation is 1. The number of aromatic amines is 1. The van der Waals surface area contributed by atoms with Gasteiger partial charge in [0.05, 0.1) is 5.57 Å². The molecule has 3 aromatic rings. The van der Waals surface area contributed by atoms with Gasteiger partial charge in [-0.05, 0) is 49.6 Å². The maximum Gasteiger partial charge on any atom is 0.339 e. The first kappa shape index (κ1) is 22.3. The molecule has 1 aromatic heterocycles. The van der Waals surface area contributed by atoms with Gasteiger partial charge in [0.15, 0.2) is 0 Å². The Morgan fingerprint density at radius 2 is 1.90 bits per heavy atom. The maximum atomic E-state index is 11.7. The van der Waals surface area contributed by atoms with Gasteiger partial charge in [0.25, 0.3) is 5.91 Å². The van der Waals surface area contributed by atoms with Crippen LogP contribution in [0.5, 0.6) is 0 Å². The molecule has 0 fully saturated rings. The van der Waals surface area contributed by atoms with Crippen molar-refractivity contribution in [1.29, 1.82) is 0 Å². The molecule has 0 aliphatic carbocycles. The highest BCUT2D eigenvalue weighted by Crippen LogP contribution is 2.22. The van der Waals surface area contributed by atoms with E-state index < -0.39 is 18.0 Å². The van der Waals surface area contributed by atoms with E-state index in [0.29, 0.717) is 12.1 Å². The molecule has 31 heavy (non-hydrogen) atoms. The molecular weight excluding hydrogens is 394 g/mol. The van der Waals surface area contributed by atoms with Gasteiger partial charge < -0.3 is 25.9 Å². The van der Waals surface area contributed by atoms with Crippen molar-refractivity contribution in [2.24, 2.45) is 5.73 Å². The number of esters is 1. The summed E-state index contributed by atoms with van der Waals surface area (Å²) in [5.41, 5.74) is 10.7. The molecule has 2 aromatic carbocycles. The summed E-state index contributed by atoms with van der Waals surface area (Å²) < 4.78 is 4.80. The first-order valence-electron chi connectivity index (χ1n) is 10.1. The summed E-state index contributed by atoms with van der Waals surface area (Å²) in [4.78, 5) is 26.5. The number of aliphatic hydroxyl groups is 1. The molecule has 0 saturated heterocycles. The van der Waals surface area contributed by atoms with E-state index in [0.717, 1.165) is 30.3 Å². The molecule has 0 aliphatic heterocycles. The monoisotopic (exact) mass is 421 g/mol. The summed E-state index contributed by atoms with van der Waals surface area (Å²) in [7, 11) is 0. The van der Waals surface area contributed by atoms with Crippen LogP contribution in [0.3, 0.4) is 0 Å². The third-order valence-electron chi connectivity index (χ3n) is 5.07. The fourth-order valence-corrected chi connectivity index (χ4v) is 3.39. The average molecular weight is 421 g/mol. The maximum absolute atomic E-state index is 11.7. The standard InChI is InChI=1S/C24H27N3O4/c1-15-19(20-5-3-4-6-22(20)27-15)11-12-26-13-17-7-9-18(10-8-17)21(23(25)29)14-31-24(30)16(2)28/h3-10,14,16,26-28H,11-13H2,1-2H3,(H2,25,29)/b21-14-. The molecule has 0 bridgehead atoms. The lowest BCUT2D eigenvalue weighted by molar-refractivity contribution is -0.146. The largest absolute Gasteiger partial charge is 0.432 e. The molecular formula is C24H27N3O4. The SMILES string of the molecule is Cc1[nH]c2ccccc2c1CCNCc1ccc(/C(=C/OC(=O)C(C)O)C(N)=O)cc1. The Labute approximate surface area is 180 Å². The fourth-order valence-electron chi connectivity index (χ4n) is 3.39. The van der Waals surface area contributed by atoms with Gasteiger partial charge in [0, 0.05) is 23.1 Å². The predicted molar refractivity (Wildman–Crippen MR) is 120 cm³/mol. The molecule has 1 amide bonds. The van der Waals surface area contributed by atoms with Gasteiger partial charge in [-0.25, -0.2) is 4.79 Å². The normalized spacial score (nSPS) is 12.7. The quantitative estimate of drug-likeness (QED) is 0.183. The fraction of sp³-hybridized carbons (Fsp3) is 0.250. The number of fused-ring (bicyclic) bond motifs is 1. The summed E-state index contributed by atoms with van der Waals surface area (Å²) in [5.74, 6) is -1.58. The topological polar surface area (TPSA) is 117 Å². The van der Waals surface area contributed by atoms with Crippen molar-refractivity contribution < 1.29 is 19.4 Å². The van der Waals surface area contributed by atoms with Gasteiger partial charge in [0.2, 0.25) is 0 Å². The van der Waals surface area contributed by atoms with Crippen molar-refractivity contribution in [1.82, 2.24) is 10.3 Å². The minimum Gasteiger partial charge on any atom is -0.432 e. The Bertz CT molecular complexity index is 1100. The number of aliphatic hydroxyl groups excluding tert-OH is 1. The van der Waals surface area contributed by atoms with Crippen molar-refractivity contribution in [3.63, 3.8) is 0 Å². The van der Waals surface area contributed by atoms with Gasteiger partial charge in [-0.1, -0.05) is 42.5 Å². The van der Waals surface area contributed by atoms with Crippen molar-refractivity contribution in [3.05, 3.63) is 77.2 Å². The van der Waals surface area contributed by atoms with Crippen LogP contribution >= 0.6 is 0 Å². The third kappa shape index (κ3) is 5.59. The van der Waals surface area contributed by atoms with Gasteiger partial charge in [-0.2, -0.15) is 0 Å². The zero-order chi connectivity index (χ0) is 22.4. The summed E-state index contributed by atoms with van der Waals surface area (Å²) >= 11 is 0. The van der Waals surface area contributed by atoms with Crippen LogP contribution in [-0.2, 0) is 27.3 Å². The van der Waals surface area contributed by atoms with Gasteiger partial charge in [-0.15, -0.1) is 0 Å². The van der Waals surface area contributed by atoms with Crippen molar-refractivity contribution in [2.75, 3.05) is 6.54 Å². The lowest BCUT2D eigenvalue weighted by Crippen LogP contribution is -2.19. The van der Waals surface area contributed by atoms with Gasteiger partial charge in [-0.3, -0.25) is 4.79 Å². The van der Waals surface area contributed by atoms with Gasteiger partial charge in [0.1, 0.15) is 12.4 Å². The molecule has 162 valence electrons. The number of nitrogens with two attached hydrogens (primary N) is 1. The Morgan fingerprint density at radius 3 is 2.58 bits per heavy atom. The molecule has 5 N–H and O–H groups in total. The van der Waals surface area contributed by atoms with Crippen LogP contribution in [0.4, 0.5) is 0 Å². The number of primary amides is 1. The number of nitrogens with one attached hydrogen (secondary N) is 2. The molecule has 7 nitrogen and oxygen atoms in total. The van der Waals surface area contributed by atoms with E-state index >= 15 is 0 Å². The Morgan fingerprint density at radius 1 is 1.19 bits per heavy atom. The van der Waals surface area contributed by atoms with Crippen LogP contribution in [-0.4, -0.2) is 34.6 Å². The molecule has 7 heteroatoms. The zero-order valence-corrected chi connectivity index (χ0v) is 17.6. The van der Waals surface area contributed by atoms with Crippen LogP contribution in [0.15, 0.2) is 54.8 Å². The number of hydrogen-bond donors (Lipinski definition) is 4. The number of H-pyrrole nitrogens is 1. The Hall–Kier alpha value is -3.42. The van der Waals surface area contributed by atoms with E-state index in [1.54, 1.807) is 12.1 Å². The summed E-state index contributed by atoms with van der Waals surface area (Å²) in [5, 5.41) is 13.9. The van der Waals surface area contributed by atoms with E-state index in [4.69, 9.17) is 10.5 Å². The molecule has 3 rings (SSSR count). The number of carbonyl (C=O) groups excluding carboxylic acids is 2. The number of hydrogen-bond acceptors (Lipinski definition) is 5. The smallest absolute Gasteiger partial charge is 0.339 e. The lowest BCUT2D eigenvalue weighted by Gasteiger charge is -2.08. The second-order valence-electron chi connectivity index (χ2n) is 7.41. The minimum atomic E-state index is -1.29. The van der Waals surface area contributed by atoms with Crippen molar-refractivity contribution >= 4 is 28.4 Å². The van der Waals surface area contributed by atoms with E-state index in [1.807, 2.05) is 24.3 Å². The molecule has 1 unspecified atom stereocenters. The lowest BCUT2D eigenvalue weighted by atomic mass is 10.0. The Kier molecular flexibility index (Phi) is 7.23. The van der Waals surface area contributed by atoms with Crippen LogP contribution in [0.1, 0.15) is 29.3 Å². The van der Waals surface area contributed by atoms with E-state index in [1.165, 1.54) is 23.6 Å². The summed E-state index contributed by atoms with van der Waals surface area (Å²) in [6.45, 7) is 4.87. The number of aromatic nitrogens is 1. The van der Waals surface area contributed by atoms with Crippen LogP contribution < -0.4 is 11.1 Å². The van der Waals surface area contributed by atoms with Crippen LogP contribution in [0.25, 0.3) is 16.5 Å². The second-order valence-corrected chi connectivity index (χ2v) is 7.41. The van der Waals surface area contributed by atoms with E-state index in [9.17, 15) is 14.7 Å². The first-order chi connectivity index (χ1) is 14.9. The first-order valence-corrected chi connectivity index (χ1v) is 10.1. The second kappa shape index (κ2) is 10.1. The van der Waals surface area contributed by atoms with Gasteiger partial charge >= 0.3 is 5.97 Å².